The van der Waals surface area contributed by atoms with Gasteiger partial charge in [-0.1, -0.05) is 0 Å². The molecule has 13 heteroatoms. The number of carbonyl (C=O) groups is 2. The van der Waals surface area contributed by atoms with Crippen LogP contribution in [0.1, 0.15) is 61.1 Å². The fourth-order valence-corrected chi connectivity index (χ4v) is 5.60. The number of methoxy groups -OCH3 is 1. The average molecular weight is 562 g/mol. The maximum absolute atomic E-state index is 13.3. The Labute approximate surface area is 228 Å². The van der Waals surface area contributed by atoms with E-state index in [9.17, 15) is 22.8 Å². The maximum atomic E-state index is 13.3. The molecule has 1 aliphatic heterocycles. The van der Waals surface area contributed by atoms with Crippen molar-refractivity contribution in [3.63, 3.8) is 0 Å². The smallest absolute Gasteiger partial charge is 0.433 e. The van der Waals surface area contributed by atoms with Gasteiger partial charge in [0.25, 0.3) is 5.91 Å². The lowest BCUT2D eigenvalue weighted by Gasteiger charge is -2.45. The second-order valence-electron chi connectivity index (χ2n) is 10.4. The summed E-state index contributed by atoms with van der Waals surface area (Å²) in [5, 5.41) is 3.29. The first-order valence-corrected chi connectivity index (χ1v) is 13.0. The Morgan fingerprint density at radius 3 is 2.65 bits per heavy atom. The Kier molecular flexibility index (Phi) is 7.11. The van der Waals surface area contributed by atoms with Gasteiger partial charge in [0.1, 0.15) is 17.0 Å². The molecule has 10 nitrogen and oxygen atoms in total. The van der Waals surface area contributed by atoms with Gasteiger partial charge in [-0.3, -0.25) is 4.79 Å². The number of carbonyl (C=O) groups excluding carboxylic acids is 2. The van der Waals surface area contributed by atoms with E-state index in [0.29, 0.717) is 43.5 Å². The quantitative estimate of drug-likeness (QED) is 0.444. The molecule has 0 bridgehead atoms. The zero-order valence-corrected chi connectivity index (χ0v) is 22.3. The van der Waals surface area contributed by atoms with Crippen molar-refractivity contribution in [2.75, 3.05) is 26.8 Å². The van der Waals surface area contributed by atoms with E-state index in [2.05, 4.69) is 15.3 Å². The number of likely N-dealkylation sites (tertiary alicyclic amines) is 1. The molecule has 5 rings (SSSR count). The summed E-state index contributed by atoms with van der Waals surface area (Å²) >= 11 is 0. The maximum Gasteiger partial charge on any atom is 0.433 e. The van der Waals surface area contributed by atoms with Crippen molar-refractivity contribution in [3.8, 4) is 17.2 Å². The number of fused-ring (bicyclic) bond motifs is 1. The molecule has 3 heterocycles. The molecule has 2 amide bonds. The molecule has 0 radical (unpaired) electrons. The van der Waals surface area contributed by atoms with Crippen LogP contribution in [-0.4, -0.2) is 59.7 Å². The molecule has 1 aliphatic carbocycles. The number of hydrogen-bond donors (Lipinski definition) is 2. The fraction of sp³-hybridized carbons (Fsp3) is 0.481. The topological polar surface area (TPSA) is 133 Å². The van der Waals surface area contributed by atoms with E-state index < -0.39 is 23.8 Å². The third-order valence-electron chi connectivity index (χ3n) is 7.50. The number of pyridine rings is 1. The number of oxazole rings is 1. The molecule has 3 aromatic rings. The predicted octanol–water partition coefficient (Wildman–Crippen LogP) is 4.68. The predicted molar refractivity (Wildman–Crippen MR) is 138 cm³/mol. The van der Waals surface area contributed by atoms with Gasteiger partial charge in [-0.15, -0.1) is 0 Å². The van der Waals surface area contributed by atoms with Gasteiger partial charge in [-0.05, 0) is 62.8 Å². The molecule has 1 saturated carbocycles. The van der Waals surface area contributed by atoms with Crippen LogP contribution in [0.15, 0.2) is 28.7 Å². The zero-order valence-electron chi connectivity index (χ0n) is 22.3. The first-order valence-electron chi connectivity index (χ1n) is 13.0. The summed E-state index contributed by atoms with van der Waals surface area (Å²) in [5.74, 6) is -0.135. The molecule has 214 valence electrons. The van der Waals surface area contributed by atoms with Crippen LogP contribution >= 0.6 is 0 Å². The van der Waals surface area contributed by atoms with Gasteiger partial charge in [-0.25, -0.2) is 14.8 Å². The SMILES string of the molecule is CCOC(=O)N1CCC2(CC(NC(=O)c3nc(-c4ccc(OC)c5nc(C(F)(F)F)ccc45)oc3[C@H](C)N)C2)C1. The van der Waals surface area contributed by atoms with Crippen molar-refractivity contribution in [3.05, 3.63) is 41.4 Å². The largest absolute Gasteiger partial charge is 0.494 e. The van der Waals surface area contributed by atoms with Crippen LogP contribution in [0.3, 0.4) is 0 Å². The molecule has 0 unspecified atom stereocenters. The number of halogens is 3. The van der Waals surface area contributed by atoms with Gasteiger partial charge in [0.05, 0.1) is 19.8 Å². The van der Waals surface area contributed by atoms with Crippen molar-refractivity contribution in [1.82, 2.24) is 20.2 Å². The second kappa shape index (κ2) is 10.3. The van der Waals surface area contributed by atoms with Crippen LogP contribution in [-0.2, 0) is 10.9 Å². The van der Waals surface area contributed by atoms with E-state index in [0.717, 1.165) is 12.5 Å². The minimum atomic E-state index is -4.64. The van der Waals surface area contributed by atoms with Crippen molar-refractivity contribution in [2.24, 2.45) is 11.1 Å². The van der Waals surface area contributed by atoms with Crippen LogP contribution in [0.25, 0.3) is 22.4 Å². The highest BCUT2D eigenvalue weighted by Gasteiger charge is 2.50. The highest BCUT2D eigenvalue weighted by molar-refractivity contribution is 5.98. The molecular formula is C27H30F3N5O5. The Balaban J connectivity index is 1.37. The summed E-state index contributed by atoms with van der Waals surface area (Å²) in [4.78, 5) is 35.2. The van der Waals surface area contributed by atoms with E-state index in [1.165, 1.54) is 19.2 Å². The molecule has 2 fully saturated rings. The Hall–Kier alpha value is -3.87. The van der Waals surface area contributed by atoms with E-state index in [-0.39, 0.29) is 46.2 Å². The van der Waals surface area contributed by atoms with Gasteiger partial charge < -0.3 is 29.8 Å². The molecular weight excluding hydrogens is 531 g/mol. The average Bonchev–Trinajstić information content (AvgIpc) is 3.53. The van der Waals surface area contributed by atoms with Crippen LogP contribution in [0, 0.1) is 5.41 Å². The summed E-state index contributed by atoms with van der Waals surface area (Å²) in [6.07, 6.45) is -2.70. The number of hydrogen-bond acceptors (Lipinski definition) is 8. The summed E-state index contributed by atoms with van der Waals surface area (Å²) < 4.78 is 56.2. The van der Waals surface area contributed by atoms with E-state index in [1.54, 1.807) is 24.8 Å². The van der Waals surface area contributed by atoms with Gasteiger partial charge >= 0.3 is 12.3 Å². The second-order valence-corrected chi connectivity index (χ2v) is 10.4. The van der Waals surface area contributed by atoms with Crippen molar-refractivity contribution >= 4 is 22.9 Å². The molecule has 40 heavy (non-hydrogen) atoms. The summed E-state index contributed by atoms with van der Waals surface area (Å²) in [6.45, 7) is 4.94. The number of alkyl halides is 3. The standard InChI is InChI=1S/C27H30F3N5O5/c1-4-39-25(37)35-10-9-26(13-35)11-15(12-26)32-23(36)21-22(14(2)31)40-24(34-21)17-5-7-18(38-3)20-16(17)6-8-19(33-20)27(28,29)30/h5-8,14-15H,4,9-13,31H2,1-3H3,(H,32,36)/t14-,15?,26?/m0/s1. The van der Waals surface area contributed by atoms with E-state index in [4.69, 9.17) is 19.6 Å². The number of rotatable bonds is 6. The molecule has 2 aliphatic rings. The van der Waals surface area contributed by atoms with Gasteiger partial charge in [0.2, 0.25) is 5.89 Å². The number of benzene rings is 1. The zero-order chi connectivity index (χ0) is 28.8. The van der Waals surface area contributed by atoms with Gasteiger partial charge in [0.15, 0.2) is 11.5 Å². The summed E-state index contributed by atoms with van der Waals surface area (Å²) in [6, 6.07) is 4.40. The van der Waals surface area contributed by atoms with Gasteiger partial charge in [0, 0.05) is 30.1 Å². The summed E-state index contributed by atoms with van der Waals surface area (Å²) in [5.41, 5.74) is 5.31. The van der Waals surface area contributed by atoms with Crippen molar-refractivity contribution in [2.45, 2.75) is 51.4 Å². The monoisotopic (exact) mass is 561 g/mol. The van der Waals surface area contributed by atoms with Crippen LogP contribution in [0.5, 0.6) is 5.75 Å². The number of nitrogens with two attached hydrogens (primary N) is 1. The molecule has 1 saturated heterocycles. The molecule has 1 spiro atoms. The number of aromatic nitrogens is 2. The Morgan fingerprint density at radius 1 is 1.25 bits per heavy atom. The molecule has 2 aromatic heterocycles. The number of nitrogens with one attached hydrogen (secondary N) is 1. The minimum Gasteiger partial charge on any atom is -0.494 e. The van der Waals surface area contributed by atoms with E-state index in [1.807, 2.05) is 0 Å². The van der Waals surface area contributed by atoms with Crippen LogP contribution in [0.2, 0.25) is 0 Å². The fourth-order valence-electron chi connectivity index (χ4n) is 5.60. The molecule has 1 atom stereocenters. The van der Waals surface area contributed by atoms with Crippen molar-refractivity contribution < 1.29 is 36.7 Å². The first kappa shape index (κ1) is 27.7. The lowest BCUT2D eigenvalue weighted by atomic mass is 9.65. The number of nitrogens with zero attached hydrogens (tertiary/aromatic N) is 3. The lowest BCUT2D eigenvalue weighted by Crippen LogP contribution is -2.52. The van der Waals surface area contributed by atoms with Crippen LogP contribution < -0.4 is 15.8 Å². The third-order valence-corrected chi connectivity index (χ3v) is 7.50. The lowest BCUT2D eigenvalue weighted by molar-refractivity contribution is -0.140. The normalized spacial score (nSPS) is 21.4. The minimum absolute atomic E-state index is 0.00867. The van der Waals surface area contributed by atoms with Crippen LogP contribution in [0.4, 0.5) is 18.0 Å². The Morgan fingerprint density at radius 2 is 2.00 bits per heavy atom. The summed E-state index contributed by atoms with van der Waals surface area (Å²) in [7, 11) is 1.34. The first-order chi connectivity index (χ1) is 18.9. The van der Waals surface area contributed by atoms with Gasteiger partial charge in [-0.2, -0.15) is 13.2 Å². The third kappa shape index (κ3) is 5.05. The van der Waals surface area contributed by atoms with Crippen molar-refractivity contribution in [1.29, 1.82) is 0 Å². The molecule has 1 aromatic carbocycles. The van der Waals surface area contributed by atoms with E-state index >= 15 is 0 Å². The highest BCUT2D eigenvalue weighted by atomic mass is 19.4. The highest BCUT2D eigenvalue weighted by Crippen LogP contribution is 2.48. The number of amides is 2. The number of ether oxygens (including phenoxy) is 2. The Bertz CT molecular complexity index is 1450. The molecule has 3 N–H and O–H groups in total.